The zero-order valence-electron chi connectivity index (χ0n) is 11.9. The monoisotopic (exact) mass is 295 g/mol. The van der Waals surface area contributed by atoms with Gasteiger partial charge in [0.05, 0.1) is 6.04 Å². The minimum Gasteiger partial charge on any atom is -0.346 e. The number of benzene rings is 1. The molecule has 1 aromatic carbocycles. The van der Waals surface area contributed by atoms with E-state index in [4.69, 9.17) is 0 Å². The number of hydrogen-bond acceptors (Lipinski definition) is 4. The van der Waals surface area contributed by atoms with E-state index in [9.17, 15) is 0 Å². The maximum atomic E-state index is 4.45. The third kappa shape index (κ3) is 3.67. The van der Waals surface area contributed by atoms with Crippen LogP contribution in [0.5, 0.6) is 0 Å². The van der Waals surface area contributed by atoms with E-state index in [2.05, 4.69) is 57.1 Å². The van der Waals surface area contributed by atoms with Gasteiger partial charge in [0, 0.05) is 16.8 Å². The van der Waals surface area contributed by atoms with Gasteiger partial charge in [-0.2, -0.15) is 0 Å². The SMILES string of the molecule is Cc1ccnc(NC(Cc2ccccc2)c2cccs2)n1. The van der Waals surface area contributed by atoms with Crippen LogP contribution in [0.3, 0.4) is 0 Å². The lowest BCUT2D eigenvalue weighted by molar-refractivity contribution is 0.776. The molecule has 106 valence electrons. The average Bonchev–Trinajstić information content (AvgIpc) is 3.02. The molecule has 0 saturated carbocycles. The smallest absolute Gasteiger partial charge is 0.223 e. The molecule has 0 aliphatic carbocycles. The maximum Gasteiger partial charge on any atom is 0.223 e. The predicted molar refractivity (Wildman–Crippen MR) is 87.6 cm³/mol. The molecule has 0 amide bonds. The fourth-order valence-electron chi connectivity index (χ4n) is 2.24. The Kier molecular flexibility index (Phi) is 4.26. The molecule has 3 rings (SSSR count). The minimum absolute atomic E-state index is 0.189. The van der Waals surface area contributed by atoms with Crippen LogP contribution in [0.2, 0.25) is 0 Å². The quantitative estimate of drug-likeness (QED) is 0.765. The third-order valence-corrected chi connectivity index (χ3v) is 4.25. The van der Waals surface area contributed by atoms with Gasteiger partial charge < -0.3 is 5.32 Å². The molecule has 21 heavy (non-hydrogen) atoms. The summed E-state index contributed by atoms with van der Waals surface area (Å²) in [4.78, 5) is 10.1. The Balaban J connectivity index is 1.83. The first-order chi connectivity index (χ1) is 10.3. The van der Waals surface area contributed by atoms with Gasteiger partial charge in [0.2, 0.25) is 5.95 Å². The first-order valence-electron chi connectivity index (χ1n) is 6.95. The van der Waals surface area contributed by atoms with E-state index in [0.29, 0.717) is 5.95 Å². The van der Waals surface area contributed by atoms with Crippen LogP contribution in [0.25, 0.3) is 0 Å². The highest BCUT2D eigenvalue weighted by molar-refractivity contribution is 7.10. The van der Waals surface area contributed by atoms with Crippen molar-refractivity contribution in [2.75, 3.05) is 5.32 Å². The highest BCUT2D eigenvalue weighted by atomic mass is 32.1. The molecule has 0 radical (unpaired) electrons. The molecular formula is C17H17N3S. The first kappa shape index (κ1) is 13.8. The van der Waals surface area contributed by atoms with Gasteiger partial charge in [-0.3, -0.25) is 0 Å². The lowest BCUT2D eigenvalue weighted by Crippen LogP contribution is -2.14. The van der Waals surface area contributed by atoms with Crippen LogP contribution in [0.1, 0.15) is 22.2 Å². The summed E-state index contributed by atoms with van der Waals surface area (Å²) in [5.74, 6) is 0.685. The number of aryl methyl sites for hydroxylation is 1. The molecule has 2 heterocycles. The second kappa shape index (κ2) is 6.50. The molecule has 0 aliphatic heterocycles. The van der Waals surface area contributed by atoms with Gasteiger partial charge in [-0.15, -0.1) is 11.3 Å². The summed E-state index contributed by atoms with van der Waals surface area (Å²) >= 11 is 1.76. The summed E-state index contributed by atoms with van der Waals surface area (Å²) in [6, 6.07) is 16.8. The summed E-state index contributed by atoms with van der Waals surface area (Å²) in [5.41, 5.74) is 2.27. The van der Waals surface area contributed by atoms with E-state index in [-0.39, 0.29) is 6.04 Å². The van der Waals surface area contributed by atoms with Crippen molar-refractivity contribution in [2.45, 2.75) is 19.4 Å². The van der Waals surface area contributed by atoms with Crippen molar-refractivity contribution >= 4 is 17.3 Å². The van der Waals surface area contributed by atoms with Gasteiger partial charge in [-0.05, 0) is 36.4 Å². The third-order valence-electron chi connectivity index (χ3n) is 3.27. The molecule has 0 bridgehead atoms. The van der Waals surface area contributed by atoms with E-state index in [0.717, 1.165) is 12.1 Å². The van der Waals surface area contributed by atoms with Crippen LogP contribution in [0.15, 0.2) is 60.1 Å². The fourth-order valence-corrected chi connectivity index (χ4v) is 3.01. The van der Waals surface area contributed by atoms with Gasteiger partial charge in [0.15, 0.2) is 0 Å². The summed E-state index contributed by atoms with van der Waals surface area (Å²) in [6.07, 6.45) is 2.71. The molecule has 0 aliphatic rings. The molecule has 3 nitrogen and oxygen atoms in total. The summed E-state index contributed by atoms with van der Waals surface area (Å²) in [6.45, 7) is 1.98. The average molecular weight is 295 g/mol. The lowest BCUT2D eigenvalue weighted by Gasteiger charge is -2.17. The van der Waals surface area contributed by atoms with Crippen LogP contribution in [0.4, 0.5) is 5.95 Å². The Hall–Kier alpha value is -2.20. The Morgan fingerprint density at radius 2 is 1.95 bits per heavy atom. The van der Waals surface area contributed by atoms with E-state index < -0.39 is 0 Å². The lowest BCUT2D eigenvalue weighted by atomic mass is 10.0. The molecule has 4 heteroatoms. The molecule has 0 saturated heterocycles. The van der Waals surface area contributed by atoms with Crippen molar-refractivity contribution in [3.05, 3.63) is 76.2 Å². The molecule has 1 unspecified atom stereocenters. The molecule has 1 N–H and O–H groups in total. The van der Waals surface area contributed by atoms with Crippen LogP contribution in [0, 0.1) is 6.92 Å². The van der Waals surface area contributed by atoms with Gasteiger partial charge >= 0.3 is 0 Å². The largest absolute Gasteiger partial charge is 0.346 e. The molecule has 0 fully saturated rings. The van der Waals surface area contributed by atoms with Crippen molar-refractivity contribution in [1.29, 1.82) is 0 Å². The van der Waals surface area contributed by atoms with Crippen LogP contribution in [-0.4, -0.2) is 9.97 Å². The van der Waals surface area contributed by atoms with Crippen LogP contribution in [-0.2, 0) is 6.42 Å². The molecule has 0 spiro atoms. The second-order valence-corrected chi connectivity index (χ2v) is 5.90. The number of anilines is 1. The molecule has 2 aromatic heterocycles. The Labute approximate surface area is 128 Å². The van der Waals surface area contributed by atoms with Crippen molar-refractivity contribution in [1.82, 2.24) is 9.97 Å². The van der Waals surface area contributed by atoms with E-state index in [1.54, 1.807) is 17.5 Å². The molecule has 3 aromatic rings. The Bertz CT molecular complexity index is 680. The maximum absolute atomic E-state index is 4.45. The number of rotatable bonds is 5. The fraction of sp³-hybridized carbons (Fsp3) is 0.176. The van der Waals surface area contributed by atoms with E-state index in [1.165, 1.54) is 10.4 Å². The number of nitrogens with one attached hydrogen (secondary N) is 1. The number of hydrogen-bond donors (Lipinski definition) is 1. The van der Waals surface area contributed by atoms with Crippen molar-refractivity contribution in [3.8, 4) is 0 Å². The number of aromatic nitrogens is 2. The zero-order chi connectivity index (χ0) is 14.5. The Morgan fingerprint density at radius 3 is 2.67 bits per heavy atom. The van der Waals surface area contributed by atoms with Crippen LogP contribution >= 0.6 is 11.3 Å². The second-order valence-electron chi connectivity index (χ2n) is 4.92. The van der Waals surface area contributed by atoms with E-state index >= 15 is 0 Å². The summed E-state index contributed by atoms with van der Waals surface area (Å²) in [7, 11) is 0. The molecule has 1 atom stereocenters. The Morgan fingerprint density at radius 1 is 1.10 bits per heavy atom. The van der Waals surface area contributed by atoms with Crippen molar-refractivity contribution in [2.24, 2.45) is 0 Å². The highest BCUT2D eigenvalue weighted by Crippen LogP contribution is 2.25. The van der Waals surface area contributed by atoms with Gasteiger partial charge in [0.25, 0.3) is 0 Å². The standard InChI is InChI=1S/C17H17N3S/c1-13-9-10-18-17(19-13)20-15(16-8-5-11-21-16)12-14-6-3-2-4-7-14/h2-11,15H,12H2,1H3,(H,18,19,20). The predicted octanol–water partition coefficient (Wildman–Crippen LogP) is 4.24. The van der Waals surface area contributed by atoms with Gasteiger partial charge in [-0.1, -0.05) is 36.4 Å². The number of thiophene rings is 1. The van der Waals surface area contributed by atoms with Gasteiger partial charge in [0.1, 0.15) is 0 Å². The number of nitrogens with zero attached hydrogens (tertiary/aromatic N) is 2. The van der Waals surface area contributed by atoms with Gasteiger partial charge in [-0.25, -0.2) is 9.97 Å². The minimum atomic E-state index is 0.189. The zero-order valence-corrected chi connectivity index (χ0v) is 12.7. The topological polar surface area (TPSA) is 37.8 Å². The van der Waals surface area contributed by atoms with Crippen LogP contribution < -0.4 is 5.32 Å². The highest BCUT2D eigenvalue weighted by Gasteiger charge is 2.14. The summed E-state index contributed by atoms with van der Waals surface area (Å²) in [5, 5.41) is 5.56. The van der Waals surface area contributed by atoms with Crippen molar-refractivity contribution < 1.29 is 0 Å². The summed E-state index contributed by atoms with van der Waals surface area (Å²) < 4.78 is 0. The van der Waals surface area contributed by atoms with E-state index in [1.807, 2.05) is 19.1 Å². The van der Waals surface area contributed by atoms with Crippen molar-refractivity contribution in [3.63, 3.8) is 0 Å². The normalized spacial score (nSPS) is 12.0. The first-order valence-corrected chi connectivity index (χ1v) is 7.83. The molecular weight excluding hydrogens is 278 g/mol.